The molecule has 0 saturated carbocycles. The third-order valence-corrected chi connectivity index (χ3v) is 2.29. The van der Waals surface area contributed by atoms with E-state index in [2.05, 4.69) is 30.8 Å². The molecule has 6 heteroatoms. The van der Waals surface area contributed by atoms with Gasteiger partial charge in [0.15, 0.2) is 0 Å². The largest absolute Gasteiger partial charge is 0.358 e. The third kappa shape index (κ3) is 2.27. The van der Waals surface area contributed by atoms with Crippen LogP contribution in [0.4, 0.5) is 5.82 Å². The Morgan fingerprint density at radius 3 is 2.87 bits per heavy atom. The summed E-state index contributed by atoms with van der Waals surface area (Å²) in [6, 6.07) is 0. The SMILES string of the molecule is C=CCn1c([N+](=O)[O-])cnc1C(S)C=C. The van der Waals surface area contributed by atoms with Crippen LogP contribution in [0.2, 0.25) is 0 Å². The number of nitro groups is 1. The average Bonchev–Trinajstić information content (AvgIpc) is 2.61. The lowest BCUT2D eigenvalue weighted by Crippen LogP contribution is -2.06. The summed E-state index contributed by atoms with van der Waals surface area (Å²) in [4.78, 5) is 14.2. The summed E-state index contributed by atoms with van der Waals surface area (Å²) in [6.07, 6.45) is 4.35. The Bertz CT molecular complexity index is 400. The number of nitrogens with zero attached hydrogens (tertiary/aromatic N) is 3. The number of hydrogen-bond donors (Lipinski definition) is 1. The molecule has 0 bridgehead atoms. The van der Waals surface area contributed by atoms with Crippen molar-refractivity contribution in [2.75, 3.05) is 0 Å². The number of aromatic nitrogens is 2. The standard InChI is InChI=1S/C9H11N3O2S/c1-3-5-11-8(12(13)14)6-10-9(11)7(15)4-2/h3-4,6-7,15H,1-2,5H2. The predicted octanol–water partition coefficient (Wildman–Crippen LogP) is 2.13. The highest BCUT2D eigenvalue weighted by molar-refractivity contribution is 7.80. The van der Waals surface area contributed by atoms with Gasteiger partial charge >= 0.3 is 5.82 Å². The molecule has 0 fully saturated rings. The molecule has 80 valence electrons. The molecule has 0 N–H and O–H groups in total. The highest BCUT2D eigenvalue weighted by Gasteiger charge is 2.22. The molecule has 1 rings (SSSR count). The molecule has 0 aliphatic heterocycles. The molecule has 1 atom stereocenters. The zero-order chi connectivity index (χ0) is 11.4. The van der Waals surface area contributed by atoms with Crippen LogP contribution in [0.5, 0.6) is 0 Å². The molecule has 0 amide bonds. The molecule has 1 unspecified atom stereocenters. The topological polar surface area (TPSA) is 61.0 Å². The van der Waals surface area contributed by atoms with Gasteiger partial charge in [-0.3, -0.25) is 0 Å². The van der Waals surface area contributed by atoms with Crippen LogP contribution in [0.3, 0.4) is 0 Å². The fraction of sp³-hybridized carbons (Fsp3) is 0.222. The monoisotopic (exact) mass is 225 g/mol. The van der Waals surface area contributed by atoms with E-state index in [9.17, 15) is 10.1 Å². The summed E-state index contributed by atoms with van der Waals surface area (Å²) in [6.45, 7) is 7.44. The van der Waals surface area contributed by atoms with E-state index in [-0.39, 0.29) is 11.1 Å². The van der Waals surface area contributed by atoms with Gasteiger partial charge < -0.3 is 10.1 Å². The van der Waals surface area contributed by atoms with Gasteiger partial charge in [0.1, 0.15) is 18.0 Å². The number of rotatable bonds is 5. The Hall–Kier alpha value is -1.56. The predicted molar refractivity (Wildman–Crippen MR) is 61.0 cm³/mol. The van der Waals surface area contributed by atoms with Crippen molar-refractivity contribution >= 4 is 18.4 Å². The highest BCUT2D eigenvalue weighted by Crippen LogP contribution is 2.24. The maximum absolute atomic E-state index is 10.7. The molecular formula is C9H11N3O2S. The smallest absolute Gasteiger partial charge is 0.343 e. The van der Waals surface area contributed by atoms with E-state index in [4.69, 9.17) is 0 Å². The summed E-state index contributed by atoms with van der Waals surface area (Å²) in [5.41, 5.74) is 0. The summed E-state index contributed by atoms with van der Waals surface area (Å²) < 4.78 is 1.45. The number of hydrogen-bond acceptors (Lipinski definition) is 4. The normalized spacial score (nSPS) is 12.1. The van der Waals surface area contributed by atoms with E-state index >= 15 is 0 Å². The second-order valence-electron chi connectivity index (χ2n) is 2.81. The summed E-state index contributed by atoms with van der Waals surface area (Å²) >= 11 is 4.21. The zero-order valence-electron chi connectivity index (χ0n) is 8.04. The fourth-order valence-corrected chi connectivity index (χ4v) is 1.39. The van der Waals surface area contributed by atoms with Gasteiger partial charge in [0.2, 0.25) is 5.82 Å². The minimum atomic E-state index is -0.483. The highest BCUT2D eigenvalue weighted by atomic mass is 32.1. The molecule has 1 heterocycles. The van der Waals surface area contributed by atoms with Crippen LogP contribution >= 0.6 is 12.6 Å². The lowest BCUT2D eigenvalue weighted by Gasteiger charge is -2.04. The molecule has 0 aliphatic rings. The van der Waals surface area contributed by atoms with E-state index < -0.39 is 4.92 Å². The zero-order valence-corrected chi connectivity index (χ0v) is 8.93. The Morgan fingerprint density at radius 2 is 2.40 bits per heavy atom. The second-order valence-corrected chi connectivity index (χ2v) is 3.37. The Kier molecular flexibility index (Phi) is 3.68. The van der Waals surface area contributed by atoms with Crippen LogP contribution < -0.4 is 0 Å². The first kappa shape index (κ1) is 11.5. The molecule has 0 radical (unpaired) electrons. The third-order valence-electron chi connectivity index (χ3n) is 1.85. The maximum Gasteiger partial charge on any atom is 0.343 e. The Balaban J connectivity index is 3.22. The van der Waals surface area contributed by atoms with Crippen LogP contribution in [0.25, 0.3) is 0 Å². The number of allylic oxidation sites excluding steroid dienone is 1. The van der Waals surface area contributed by atoms with Crippen molar-refractivity contribution in [3.8, 4) is 0 Å². The average molecular weight is 225 g/mol. The van der Waals surface area contributed by atoms with Crippen molar-refractivity contribution in [2.24, 2.45) is 0 Å². The van der Waals surface area contributed by atoms with Gasteiger partial charge in [0.25, 0.3) is 0 Å². The van der Waals surface area contributed by atoms with Gasteiger partial charge in [-0.2, -0.15) is 12.6 Å². The Morgan fingerprint density at radius 1 is 1.73 bits per heavy atom. The van der Waals surface area contributed by atoms with Gasteiger partial charge in [0.05, 0.1) is 0 Å². The van der Waals surface area contributed by atoms with Gasteiger partial charge in [-0.05, 0) is 4.92 Å². The van der Waals surface area contributed by atoms with Gasteiger partial charge in [-0.1, -0.05) is 18.7 Å². The van der Waals surface area contributed by atoms with Crippen LogP contribution in [-0.4, -0.2) is 14.5 Å². The van der Waals surface area contributed by atoms with Crippen molar-refractivity contribution in [1.82, 2.24) is 9.55 Å². The second kappa shape index (κ2) is 4.79. The van der Waals surface area contributed by atoms with Gasteiger partial charge in [-0.15, -0.1) is 6.58 Å². The lowest BCUT2D eigenvalue weighted by molar-refractivity contribution is -0.392. The first-order chi connectivity index (χ1) is 7.11. The fourth-order valence-electron chi connectivity index (χ4n) is 1.18. The lowest BCUT2D eigenvalue weighted by atomic mass is 10.4. The van der Waals surface area contributed by atoms with Gasteiger partial charge in [0, 0.05) is 0 Å². The van der Waals surface area contributed by atoms with E-state index in [1.807, 2.05) is 0 Å². The van der Waals surface area contributed by atoms with Crippen molar-refractivity contribution in [1.29, 1.82) is 0 Å². The summed E-state index contributed by atoms with van der Waals surface area (Å²) in [7, 11) is 0. The molecule has 1 aromatic heterocycles. The van der Waals surface area contributed by atoms with Crippen LogP contribution in [0.15, 0.2) is 31.5 Å². The van der Waals surface area contributed by atoms with Crippen molar-refractivity contribution < 1.29 is 4.92 Å². The molecule has 1 aromatic rings. The van der Waals surface area contributed by atoms with E-state index in [0.717, 1.165) is 0 Å². The van der Waals surface area contributed by atoms with Crippen molar-refractivity contribution in [3.05, 3.63) is 47.4 Å². The first-order valence-electron chi connectivity index (χ1n) is 4.23. The van der Waals surface area contributed by atoms with E-state index in [1.165, 1.54) is 10.8 Å². The minimum absolute atomic E-state index is 0.0641. The molecule has 15 heavy (non-hydrogen) atoms. The first-order valence-corrected chi connectivity index (χ1v) is 4.74. The number of imidazole rings is 1. The maximum atomic E-state index is 10.7. The van der Waals surface area contributed by atoms with E-state index in [1.54, 1.807) is 12.2 Å². The molecule has 0 aliphatic carbocycles. The quantitative estimate of drug-likeness (QED) is 0.361. The summed E-state index contributed by atoms with van der Waals surface area (Å²) in [5, 5.41) is 10.4. The Labute approximate surface area is 92.7 Å². The van der Waals surface area contributed by atoms with Gasteiger partial charge in [-0.25, -0.2) is 9.55 Å². The van der Waals surface area contributed by atoms with Crippen molar-refractivity contribution in [3.63, 3.8) is 0 Å². The molecule has 5 nitrogen and oxygen atoms in total. The van der Waals surface area contributed by atoms with Crippen molar-refractivity contribution in [2.45, 2.75) is 11.8 Å². The molecular weight excluding hydrogens is 214 g/mol. The summed E-state index contributed by atoms with van der Waals surface area (Å²) in [5.74, 6) is 0.436. The number of thiol groups is 1. The van der Waals surface area contributed by atoms with Crippen LogP contribution in [-0.2, 0) is 6.54 Å². The van der Waals surface area contributed by atoms with E-state index in [0.29, 0.717) is 12.4 Å². The molecule has 0 spiro atoms. The minimum Gasteiger partial charge on any atom is -0.358 e. The van der Waals surface area contributed by atoms with Crippen LogP contribution in [0, 0.1) is 10.1 Å². The van der Waals surface area contributed by atoms with Crippen LogP contribution in [0.1, 0.15) is 11.1 Å². The molecule has 0 aromatic carbocycles. The molecule has 0 saturated heterocycles.